The van der Waals surface area contributed by atoms with E-state index in [0.717, 1.165) is 16.3 Å². The summed E-state index contributed by atoms with van der Waals surface area (Å²) in [4.78, 5) is 23.7. The van der Waals surface area contributed by atoms with E-state index in [1.54, 1.807) is 24.3 Å². The summed E-state index contributed by atoms with van der Waals surface area (Å²) in [6.07, 6.45) is 0. The predicted octanol–water partition coefficient (Wildman–Crippen LogP) is 3.95. The minimum atomic E-state index is -0.445. The molecule has 0 aliphatic heterocycles. The number of ether oxygens (including phenoxy) is 1. The van der Waals surface area contributed by atoms with Gasteiger partial charge < -0.3 is 15.4 Å². The van der Waals surface area contributed by atoms with Crippen LogP contribution in [0.15, 0.2) is 66.7 Å². The van der Waals surface area contributed by atoms with E-state index in [4.69, 9.17) is 0 Å². The van der Waals surface area contributed by atoms with Crippen LogP contribution in [0, 0.1) is 0 Å². The average molecular weight is 334 g/mol. The van der Waals surface area contributed by atoms with Crippen LogP contribution < -0.4 is 10.6 Å². The maximum Gasteiger partial charge on any atom is 0.337 e. The van der Waals surface area contributed by atoms with Gasteiger partial charge in [0.15, 0.2) is 0 Å². The third-order valence-electron chi connectivity index (χ3n) is 3.86. The van der Waals surface area contributed by atoms with Gasteiger partial charge in [0.05, 0.1) is 12.7 Å². The van der Waals surface area contributed by atoms with Crippen molar-refractivity contribution in [3.63, 3.8) is 0 Å². The first-order chi connectivity index (χ1) is 12.2. The number of carbonyl (C=O) groups is 2. The Labute approximate surface area is 145 Å². The largest absolute Gasteiger partial charge is 0.465 e. The molecule has 0 spiro atoms. The molecule has 0 atom stereocenters. The molecule has 3 aromatic rings. The Morgan fingerprint density at radius 3 is 2.56 bits per heavy atom. The van der Waals surface area contributed by atoms with Gasteiger partial charge in [-0.2, -0.15) is 0 Å². The van der Waals surface area contributed by atoms with Crippen molar-refractivity contribution in [1.29, 1.82) is 0 Å². The SMILES string of the molecule is COC(=O)c1cccc(NC(=O)NCc2cccc3ccccc23)c1. The third-order valence-corrected chi connectivity index (χ3v) is 3.86. The number of amides is 2. The van der Waals surface area contributed by atoms with Gasteiger partial charge in [-0.1, -0.05) is 48.5 Å². The monoisotopic (exact) mass is 334 g/mol. The average Bonchev–Trinajstić information content (AvgIpc) is 2.66. The molecule has 0 aromatic heterocycles. The van der Waals surface area contributed by atoms with E-state index < -0.39 is 5.97 Å². The van der Waals surface area contributed by atoms with E-state index >= 15 is 0 Å². The van der Waals surface area contributed by atoms with Gasteiger partial charge in [0, 0.05) is 12.2 Å². The molecule has 0 heterocycles. The number of methoxy groups -OCH3 is 1. The molecule has 126 valence electrons. The molecule has 3 rings (SSSR count). The second-order valence-electron chi connectivity index (χ2n) is 5.52. The molecule has 0 radical (unpaired) electrons. The highest BCUT2D eigenvalue weighted by Gasteiger charge is 2.08. The van der Waals surface area contributed by atoms with Crippen LogP contribution in [0.25, 0.3) is 10.8 Å². The zero-order valence-corrected chi connectivity index (χ0v) is 13.8. The Balaban J connectivity index is 1.66. The Kier molecular flexibility index (Phi) is 4.95. The molecular weight excluding hydrogens is 316 g/mol. The van der Waals surface area contributed by atoms with Crippen LogP contribution in [-0.4, -0.2) is 19.1 Å². The lowest BCUT2D eigenvalue weighted by molar-refractivity contribution is 0.0600. The fourth-order valence-corrected chi connectivity index (χ4v) is 2.64. The summed E-state index contributed by atoms with van der Waals surface area (Å²) in [6, 6.07) is 20.3. The molecule has 25 heavy (non-hydrogen) atoms. The second-order valence-corrected chi connectivity index (χ2v) is 5.52. The van der Waals surface area contributed by atoms with Crippen LogP contribution in [0.4, 0.5) is 10.5 Å². The van der Waals surface area contributed by atoms with Crippen molar-refractivity contribution < 1.29 is 14.3 Å². The van der Waals surface area contributed by atoms with E-state index in [0.29, 0.717) is 17.8 Å². The van der Waals surface area contributed by atoms with Crippen LogP contribution >= 0.6 is 0 Å². The molecule has 0 aliphatic carbocycles. The second kappa shape index (κ2) is 7.49. The summed E-state index contributed by atoms with van der Waals surface area (Å²) in [5, 5.41) is 7.80. The molecule has 3 aromatic carbocycles. The van der Waals surface area contributed by atoms with Gasteiger partial charge in [0.25, 0.3) is 0 Å². The first kappa shape index (κ1) is 16.5. The Bertz CT molecular complexity index is 916. The fraction of sp³-hybridized carbons (Fsp3) is 0.100. The van der Waals surface area contributed by atoms with Crippen molar-refractivity contribution in [2.45, 2.75) is 6.54 Å². The summed E-state index contributed by atoms with van der Waals surface area (Å²) >= 11 is 0. The van der Waals surface area contributed by atoms with Crippen molar-refractivity contribution >= 4 is 28.5 Å². The number of nitrogens with one attached hydrogen (secondary N) is 2. The molecule has 0 fully saturated rings. The number of hydrogen-bond acceptors (Lipinski definition) is 3. The number of urea groups is 1. The summed E-state index contributed by atoms with van der Waals surface area (Å²) in [5.74, 6) is -0.445. The van der Waals surface area contributed by atoms with E-state index in [1.807, 2.05) is 42.5 Å². The first-order valence-corrected chi connectivity index (χ1v) is 7.87. The fourth-order valence-electron chi connectivity index (χ4n) is 2.64. The number of anilines is 1. The van der Waals surface area contributed by atoms with E-state index in [1.165, 1.54) is 7.11 Å². The number of hydrogen-bond donors (Lipinski definition) is 2. The third kappa shape index (κ3) is 3.95. The minimum Gasteiger partial charge on any atom is -0.465 e. The van der Waals surface area contributed by atoms with E-state index in [2.05, 4.69) is 15.4 Å². The molecule has 0 saturated heterocycles. The summed E-state index contributed by atoms with van der Waals surface area (Å²) in [7, 11) is 1.32. The smallest absolute Gasteiger partial charge is 0.337 e. The van der Waals surface area contributed by atoms with Gasteiger partial charge in [0.1, 0.15) is 0 Å². The molecule has 2 amide bonds. The van der Waals surface area contributed by atoms with E-state index in [-0.39, 0.29) is 6.03 Å². The van der Waals surface area contributed by atoms with Gasteiger partial charge in [-0.3, -0.25) is 0 Å². The normalized spacial score (nSPS) is 10.3. The highest BCUT2D eigenvalue weighted by molar-refractivity contribution is 5.94. The Morgan fingerprint density at radius 2 is 1.72 bits per heavy atom. The minimum absolute atomic E-state index is 0.338. The van der Waals surface area contributed by atoms with Crippen LogP contribution in [0.5, 0.6) is 0 Å². The van der Waals surface area contributed by atoms with Crippen molar-refractivity contribution in [1.82, 2.24) is 5.32 Å². The van der Waals surface area contributed by atoms with E-state index in [9.17, 15) is 9.59 Å². The van der Waals surface area contributed by atoms with Crippen molar-refractivity contribution in [2.24, 2.45) is 0 Å². The van der Waals surface area contributed by atoms with Crippen molar-refractivity contribution in [2.75, 3.05) is 12.4 Å². The topological polar surface area (TPSA) is 67.4 Å². The maximum atomic E-state index is 12.1. The lowest BCUT2D eigenvalue weighted by atomic mass is 10.0. The van der Waals surface area contributed by atoms with Crippen LogP contribution in [0.3, 0.4) is 0 Å². The first-order valence-electron chi connectivity index (χ1n) is 7.87. The molecule has 0 bridgehead atoms. The zero-order valence-electron chi connectivity index (χ0n) is 13.8. The lowest BCUT2D eigenvalue weighted by Crippen LogP contribution is -2.28. The highest BCUT2D eigenvalue weighted by atomic mass is 16.5. The predicted molar refractivity (Wildman–Crippen MR) is 97.6 cm³/mol. The number of fused-ring (bicyclic) bond motifs is 1. The van der Waals surface area contributed by atoms with Gasteiger partial charge in [0.2, 0.25) is 0 Å². The molecule has 5 heteroatoms. The lowest BCUT2D eigenvalue weighted by Gasteiger charge is -2.10. The summed E-state index contributed by atoms with van der Waals surface area (Å²) < 4.78 is 4.68. The van der Waals surface area contributed by atoms with Crippen LogP contribution in [-0.2, 0) is 11.3 Å². The van der Waals surface area contributed by atoms with Gasteiger partial charge in [-0.05, 0) is 34.5 Å². The molecule has 2 N–H and O–H groups in total. The van der Waals surface area contributed by atoms with Crippen molar-refractivity contribution in [3.05, 3.63) is 77.9 Å². The Morgan fingerprint density at radius 1 is 0.960 bits per heavy atom. The number of carbonyl (C=O) groups excluding carboxylic acids is 2. The molecule has 5 nitrogen and oxygen atoms in total. The molecule has 0 saturated carbocycles. The number of rotatable bonds is 4. The maximum absolute atomic E-state index is 12.1. The summed E-state index contributed by atoms with van der Waals surface area (Å²) in [5.41, 5.74) is 1.95. The van der Waals surface area contributed by atoms with Gasteiger partial charge in [-0.25, -0.2) is 9.59 Å². The van der Waals surface area contributed by atoms with Gasteiger partial charge >= 0.3 is 12.0 Å². The van der Waals surface area contributed by atoms with Crippen LogP contribution in [0.1, 0.15) is 15.9 Å². The highest BCUT2D eigenvalue weighted by Crippen LogP contribution is 2.18. The number of benzene rings is 3. The summed E-state index contributed by atoms with van der Waals surface area (Å²) in [6.45, 7) is 0.407. The standard InChI is InChI=1S/C20H18N2O3/c1-25-19(23)15-8-5-10-17(12-15)22-20(24)21-13-16-9-4-7-14-6-2-3-11-18(14)16/h2-12H,13H2,1H3,(H2,21,22,24). The molecule has 0 unspecified atom stereocenters. The molecule has 0 aliphatic rings. The van der Waals surface area contributed by atoms with Crippen LogP contribution in [0.2, 0.25) is 0 Å². The zero-order chi connectivity index (χ0) is 17.6. The van der Waals surface area contributed by atoms with Crippen molar-refractivity contribution in [3.8, 4) is 0 Å². The van der Waals surface area contributed by atoms with Gasteiger partial charge in [-0.15, -0.1) is 0 Å². The Hall–Kier alpha value is -3.34. The molecular formula is C20H18N2O3. The quantitative estimate of drug-likeness (QED) is 0.710. The number of esters is 1.